The molecule has 2 rings (SSSR count). The predicted octanol–water partition coefficient (Wildman–Crippen LogP) is 1.86. The molecule has 0 aromatic rings. The molecule has 2 heteroatoms. The number of rotatable bonds is 2. The summed E-state index contributed by atoms with van der Waals surface area (Å²) in [4.78, 5) is 2.68. The Morgan fingerprint density at radius 2 is 2.14 bits per heavy atom. The second-order valence-electron chi connectivity index (χ2n) is 5.27. The summed E-state index contributed by atoms with van der Waals surface area (Å²) in [5, 5.41) is 3.59. The average molecular weight is 196 g/mol. The molecule has 2 aliphatic rings. The number of nitrogens with zero attached hydrogens (tertiary/aromatic N) is 1. The number of hydrogen-bond donors (Lipinski definition) is 1. The summed E-state index contributed by atoms with van der Waals surface area (Å²) in [6, 6.07) is 1.59. The Morgan fingerprint density at radius 1 is 1.29 bits per heavy atom. The van der Waals surface area contributed by atoms with E-state index >= 15 is 0 Å². The van der Waals surface area contributed by atoms with E-state index in [1.54, 1.807) is 0 Å². The minimum Gasteiger partial charge on any atom is -0.313 e. The smallest absolute Gasteiger partial charge is 0.0195 e. The molecule has 0 aliphatic carbocycles. The first kappa shape index (κ1) is 10.4. The molecule has 2 saturated heterocycles. The van der Waals surface area contributed by atoms with Crippen molar-refractivity contribution in [2.75, 3.05) is 19.6 Å². The molecule has 0 aromatic heterocycles. The third kappa shape index (κ3) is 2.48. The van der Waals surface area contributed by atoms with Crippen LogP contribution in [0.5, 0.6) is 0 Å². The van der Waals surface area contributed by atoms with Crippen molar-refractivity contribution in [3.05, 3.63) is 0 Å². The van der Waals surface area contributed by atoms with Gasteiger partial charge in [0.25, 0.3) is 0 Å². The van der Waals surface area contributed by atoms with Crippen LogP contribution in [0.4, 0.5) is 0 Å². The molecule has 2 aliphatic heterocycles. The van der Waals surface area contributed by atoms with E-state index in [1.165, 1.54) is 45.3 Å². The molecule has 82 valence electrons. The molecule has 0 radical (unpaired) electrons. The first-order valence-electron chi connectivity index (χ1n) is 6.23. The summed E-state index contributed by atoms with van der Waals surface area (Å²) in [5.74, 6) is 0.942. The first-order valence-corrected chi connectivity index (χ1v) is 6.23. The minimum absolute atomic E-state index is 0.783. The van der Waals surface area contributed by atoms with Crippen molar-refractivity contribution in [3.63, 3.8) is 0 Å². The van der Waals surface area contributed by atoms with E-state index in [2.05, 4.69) is 24.1 Å². The minimum atomic E-state index is 0.783. The molecule has 0 spiro atoms. The Morgan fingerprint density at radius 3 is 2.79 bits per heavy atom. The maximum Gasteiger partial charge on any atom is 0.0195 e. The summed E-state index contributed by atoms with van der Waals surface area (Å²) in [7, 11) is 0. The van der Waals surface area contributed by atoms with Gasteiger partial charge >= 0.3 is 0 Å². The lowest BCUT2D eigenvalue weighted by Gasteiger charge is -2.37. The van der Waals surface area contributed by atoms with E-state index in [0.717, 1.165) is 18.0 Å². The monoisotopic (exact) mass is 196 g/mol. The van der Waals surface area contributed by atoms with Crippen LogP contribution in [0.3, 0.4) is 0 Å². The molecule has 0 amide bonds. The van der Waals surface area contributed by atoms with Crippen molar-refractivity contribution in [3.8, 4) is 0 Å². The second kappa shape index (κ2) is 4.63. The zero-order valence-corrected chi connectivity index (χ0v) is 9.63. The van der Waals surface area contributed by atoms with Gasteiger partial charge in [-0.1, -0.05) is 6.92 Å². The summed E-state index contributed by atoms with van der Waals surface area (Å²) >= 11 is 0. The first-order chi connectivity index (χ1) is 6.75. The topological polar surface area (TPSA) is 15.3 Å². The molecular formula is C12H24N2. The van der Waals surface area contributed by atoms with Crippen LogP contribution in [0.2, 0.25) is 0 Å². The zero-order valence-electron chi connectivity index (χ0n) is 9.63. The third-order valence-electron chi connectivity index (χ3n) is 3.89. The van der Waals surface area contributed by atoms with Crippen LogP contribution < -0.4 is 5.32 Å². The lowest BCUT2D eigenvalue weighted by Crippen LogP contribution is -2.46. The zero-order chi connectivity index (χ0) is 9.97. The van der Waals surface area contributed by atoms with Gasteiger partial charge in [0, 0.05) is 18.6 Å². The van der Waals surface area contributed by atoms with Crippen LogP contribution in [0.1, 0.15) is 39.5 Å². The molecule has 2 unspecified atom stereocenters. The molecule has 2 heterocycles. The number of piperidine rings is 1. The van der Waals surface area contributed by atoms with Crippen molar-refractivity contribution in [1.29, 1.82) is 0 Å². The molecule has 1 N–H and O–H groups in total. The summed E-state index contributed by atoms with van der Waals surface area (Å²) in [6.45, 7) is 8.63. The number of nitrogens with one attached hydrogen (secondary N) is 1. The fourth-order valence-corrected chi connectivity index (χ4v) is 2.92. The van der Waals surface area contributed by atoms with Crippen LogP contribution in [0.15, 0.2) is 0 Å². The highest BCUT2D eigenvalue weighted by Gasteiger charge is 2.25. The van der Waals surface area contributed by atoms with Crippen molar-refractivity contribution in [2.24, 2.45) is 5.92 Å². The summed E-state index contributed by atoms with van der Waals surface area (Å²) in [5.41, 5.74) is 0. The van der Waals surface area contributed by atoms with Gasteiger partial charge in [-0.2, -0.15) is 0 Å². The lowest BCUT2D eigenvalue weighted by molar-refractivity contribution is 0.119. The van der Waals surface area contributed by atoms with Crippen LogP contribution >= 0.6 is 0 Å². The van der Waals surface area contributed by atoms with Crippen LogP contribution in [-0.2, 0) is 0 Å². The molecular weight excluding hydrogens is 172 g/mol. The molecule has 14 heavy (non-hydrogen) atoms. The average Bonchev–Trinajstić information content (AvgIpc) is 2.62. The third-order valence-corrected chi connectivity index (χ3v) is 3.89. The van der Waals surface area contributed by atoms with Gasteiger partial charge in [0.2, 0.25) is 0 Å². The van der Waals surface area contributed by atoms with Crippen molar-refractivity contribution >= 4 is 0 Å². The van der Waals surface area contributed by atoms with E-state index in [9.17, 15) is 0 Å². The van der Waals surface area contributed by atoms with Crippen molar-refractivity contribution in [1.82, 2.24) is 10.2 Å². The van der Waals surface area contributed by atoms with Gasteiger partial charge in [-0.15, -0.1) is 0 Å². The highest BCUT2D eigenvalue weighted by atomic mass is 15.2. The summed E-state index contributed by atoms with van der Waals surface area (Å²) in [6.07, 6.45) is 5.56. The normalized spacial score (nSPS) is 40.3. The maximum atomic E-state index is 3.59. The number of hydrogen-bond acceptors (Lipinski definition) is 2. The highest BCUT2D eigenvalue weighted by Crippen LogP contribution is 2.22. The van der Waals surface area contributed by atoms with Gasteiger partial charge in [0.05, 0.1) is 0 Å². The van der Waals surface area contributed by atoms with Crippen molar-refractivity contribution in [2.45, 2.75) is 51.6 Å². The van der Waals surface area contributed by atoms with Gasteiger partial charge in [-0.05, 0) is 51.6 Å². The number of likely N-dealkylation sites (tertiary alicyclic amines) is 1. The maximum absolute atomic E-state index is 3.59. The van der Waals surface area contributed by atoms with Gasteiger partial charge in [-0.25, -0.2) is 0 Å². The molecule has 3 atom stereocenters. The predicted molar refractivity (Wildman–Crippen MR) is 60.5 cm³/mol. The molecule has 0 bridgehead atoms. The Hall–Kier alpha value is -0.0800. The molecule has 0 aromatic carbocycles. The molecule has 2 nitrogen and oxygen atoms in total. The van der Waals surface area contributed by atoms with Crippen LogP contribution in [-0.4, -0.2) is 36.6 Å². The Labute approximate surface area is 88.1 Å². The Bertz CT molecular complexity index is 175. The standard InChI is InChI=1S/C12H24N2/c1-10-5-7-14(11(2)8-10)9-12-4-3-6-13-12/h10-13H,3-9H2,1-2H3/t10?,11?,12-/m0/s1. The summed E-state index contributed by atoms with van der Waals surface area (Å²) < 4.78 is 0. The Balaban J connectivity index is 1.79. The van der Waals surface area contributed by atoms with E-state index in [4.69, 9.17) is 0 Å². The fraction of sp³-hybridized carbons (Fsp3) is 1.00. The lowest BCUT2D eigenvalue weighted by atomic mass is 9.93. The van der Waals surface area contributed by atoms with E-state index in [1.807, 2.05) is 0 Å². The Kier molecular flexibility index (Phi) is 3.45. The SMILES string of the molecule is CC1CCN(C[C@@H]2CCCN2)C(C)C1. The van der Waals surface area contributed by atoms with Gasteiger partial charge in [0.15, 0.2) is 0 Å². The van der Waals surface area contributed by atoms with Crippen LogP contribution in [0, 0.1) is 5.92 Å². The second-order valence-corrected chi connectivity index (χ2v) is 5.27. The van der Waals surface area contributed by atoms with E-state index < -0.39 is 0 Å². The van der Waals surface area contributed by atoms with E-state index in [-0.39, 0.29) is 0 Å². The van der Waals surface area contributed by atoms with Crippen LogP contribution in [0.25, 0.3) is 0 Å². The molecule has 2 fully saturated rings. The molecule has 0 saturated carbocycles. The van der Waals surface area contributed by atoms with Gasteiger partial charge in [0.1, 0.15) is 0 Å². The highest BCUT2D eigenvalue weighted by molar-refractivity contribution is 4.83. The van der Waals surface area contributed by atoms with E-state index in [0.29, 0.717) is 0 Å². The largest absolute Gasteiger partial charge is 0.313 e. The van der Waals surface area contributed by atoms with Gasteiger partial charge in [-0.3, -0.25) is 4.90 Å². The fourth-order valence-electron chi connectivity index (χ4n) is 2.92. The van der Waals surface area contributed by atoms with Gasteiger partial charge < -0.3 is 5.32 Å². The van der Waals surface area contributed by atoms with Crippen molar-refractivity contribution < 1.29 is 0 Å². The quantitative estimate of drug-likeness (QED) is 0.725.